The largest absolute Gasteiger partial charge is 0.344 e. The average Bonchev–Trinajstić information content (AvgIpc) is 3.20. The number of fused-ring (bicyclic) bond motifs is 2. The van der Waals surface area contributed by atoms with Gasteiger partial charge in [-0.1, -0.05) is 30.3 Å². The van der Waals surface area contributed by atoms with E-state index in [9.17, 15) is 14.9 Å². The number of rotatable bonds is 6. The first-order valence-corrected chi connectivity index (χ1v) is 10.9. The van der Waals surface area contributed by atoms with Gasteiger partial charge in [-0.2, -0.15) is 10.2 Å². The lowest BCUT2D eigenvalue weighted by Crippen LogP contribution is -2.40. The summed E-state index contributed by atoms with van der Waals surface area (Å²) in [6, 6.07) is 13.2. The number of hydrogen-bond acceptors (Lipinski definition) is 6. The molecule has 2 aromatic heterocycles. The quantitative estimate of drug-likeness (QED) is 0.484. The summed E-state index contributed by atoms with van der Waals surface area (Å²) in [5.74, 6) is 0.596. The molecule has 33 heavy (non-hydrogen) atoms. The average molecular weight is 446 g/mol. The van der Waals surface area contributed by atoms with Crippen molar-refractivity contribution in [3.05, 3.63) is 68.4 Å². The highest BCUT2D eigenvalue weighted by Gasteiger charge is 2.22. The van der Waals surface area contributed by atoms with Crippen LogP contribution in [0.25, 0.3) is 21.9 Å². The van der Waals surface area contributed by atoms with Gasteiger partial charge in [0, 0.05) is 33.2 Å². The van der Waals surface area contributed by atoms with E-state index in [2.05, 4.69) is 11.1 Å². The molecule has 0 saturated heterocycles. The van der Waals surface area contributed by atoms with Crippen LogP contribution in [0.1, 0.15) is 25.0 Å². The number of hydrogen-bond donors (Lipinski definition) is 1. The van der Waals surface area contributed by atoms with Gasteiger partial charge in [0.25, 0.3) is 5.56 Å². The molecular formula is C24H27N7O2. The molecule has 1 unspecified atom stereocenters. The van der Waals surface area contributed by atoms with E-state index in [1.165, 1.54) is 9.13 Å². The fourth-order valence-corrected chi connectivity index (χ4v) is 4.37. The molecule has 4 aromatic rings. The third-order valence-electron chi connectivity index (χ3n) is 5.90. The van der Waals surface area contributed by atoms with Crippen molar-refractivity contribution in [2.24, 2.45) is 12.8 Å². The predicted octanol–water partition coefficient (Wildman–Crippen LogP) is 1.77. The Morgan fingerprint density at radius 3 is 2.48 bits per heavy atom. The molecule has 0 aliphatic carbocycles. The van der Waals surface area contributed by atoms with E-state index in [0.717, 1.165) is 16.3 Å². The van der Waals surface area contributed by atoms with Gasteiger partial charge in [-0.15, -0.1) is 0 Å². The highest BCUT2D eigenvalue weighted by molar-refractivity contribution is 5.90. The van der Waals surface area contributed by atoms with Crippen molar-refractivity contribution < 1.29 is 0 Å². The molecule has 2 aromatic carbocycles. The van der Waals surface area contributed by atoms with Crippen LogP contribution in [0.15, 0.2) is 46.0 Å². The van der Waals surface area contributed by atoms with Crippen LogP contribution < -0.4 is 21.9 Å². The Morgan fingerprint density at radius 2 is 1.85 bits per heavy atom. The minimum absolute atomic E-state index is 0.0785. The number of anilines is 1. The number of nitrogens with zero attached hydrogens (tertiary/aromatic N) is 6. The molecule has 0 spiro atoms. The molecule has 1 atom stereocenters. The van der Waals surface area contributed by atoms with Crippen molar-refractivity contribution in [1.29, 1.82) is 5.26 Å². The molecule has 2 heterocycles. The summed E-state index contributed by atoms with van der Waals surface area (Å²) in [6.07, 6.45) is 0. The highest BCUT2D eigenvalue weighted by Crippen LogP contribution is 2.23. The van der Waals surface area contributed by atoms with Crippen LogP contribution in [0, 0.1) is 11.3 Å². The summed E-state index contributed by atoms with van der Waals surface area (Å²) < 4.78 is 4.48. The van der Waals surface area contributed by atoms with Gasteiger partial charge >= 0.3 is 5.69 Å². The zero-order chi connectivity index (χ0) is 23.9. The Balaban J connectivity index is 1.94. The summed E-state index contributed by atoms with van der Waals surface area (Å²) in [5, 5.41) is 11.1. The lowest BCUT2D eigenvalue weighted by atomic mass is 10.00. The van der Waals surface area contributed by atoms with Crippen molar-refractivity contribution in [1.82, 2.24) is 18.7 Å². The van der Waals surface area contributed by atoms with Crippen LogP contribution in [-0.4, -0.2) is 38.3 Å². The van der Waals surface area contributed by atoms with Gasteiger partial charge < -0.3 is 15.2 Å². The van der Waals surface area contributed by atoms with E-state index < -0.39 is 11.2 Å². The van der Waals surface area contributed by atoms with Gasteiger partial charge in [-0.25, -0.2) is 4.79 Å². The molecule has 0 amide bonds. The summed E-state index contributed by atoms with van der Waals surface area (Å²) >= 11 is 0. The topological polar surface area (TPSA) is 115 Å². The molecule has 0 bridgehead atoms. The number of nitriles is 1. The highest BCUT2D eigenvalue weighted by atomic mass is 16.2. The number of imidazole rings is 1. The Labute approximate surface area is 190 Å². The first kappa shape index (κ1) is 22.3. The Bertz CT molecular complexity index is 1520. The van der Waals surface area contributed by atoms with Crippen LogP contribution in [0.2, 0.25) is 0 Å². The van der Waals surface area contributed by atoms with E-state index in [1.807, 2.05) is 54.6 Å². The van der Waals surface area contributed by atoms with Crippen LogP contribution in [-0.2, 0) is 20.1 Å². The van der Waals surface area contributed by atoms with Crippen molar-refractivity contribution in [3.63, 3.8) is 0 Å². The number of likely N-dealkylation sites (N-methyl/N-ethyl adjacent to an activating group) is 1. The zero-order valence-electron chi connectivity index (χ0n) is 19.2. The molecule has 4 rings (SSSR count). The molecular weight excluding hydrogens is 418 g/mol. The minimum Gasteiger partial charge on any atom is -0.344 e. The smallest absolute Gasteiger partial charge is 0.332 e. The van der Waals surface area contributed by atoms with Crippen LogP contribution in [0.3, 0.4) is 0 Å². The van der Waals surface area contributed by atoms with Gasteiger partial charge in [0.1, 0.15) is 0 Å². The van der Waals surface area contributed by atoms with Crippen LogP contribution >= 0.6 is 0 Å². The second kappa shape index (κ2) is 8.56. The van der Waals surface area contributed by atoms with Crippen molar-refractivity contribution in [2.45, 2.75) is 33.0 Å². The van der Waals surface area contributed by atoms with Crippen LogP contribution in [0.5, 0.6) is 0 Å². The molecule has 9 heteroatoms. The molecule has 0 saturated carbocycles. The van der Waals surface area contributed by atoms with Gasteiger partial charge in [-0.05, 0) is 36.2 Å². The maximum absolute atomic E-state index is 13.6. The molecule has 0 fully saturated rings. The third-order valence-corrected chi connectivity index (χ3v) is 5.90. The summed E-state index contributed by atoms with van der Waals surface area (Å²) in [4.78, 5) is 33.3. The minimum atomic E-state index is -0.442. The van der Waals surface area contributed by atoms with Gasteiger partial charge in [-0.3, -0.25) is 13.9 Å². The van der Waals surface area contributed by atoms with Gasteiger partial charge in [0.05, 0.1) is 18.2 Å². The monoisotopic (exact) mass is 445 g/mol. The van der Waals surface area contributed by atoms with E-state index in [0.29, 0.717) is 35.8 Å². The number of aromatic nitrogens is 4. The third kappa shape index (κ3) is 3.68. The van der Waals surface area contributed by atoms with E-state index >= 15 is 0 Å². The molecule has 2 N–H and O–H groups in total. The molecule has 0 aliphatic heterocycles. The molecule has 170 valence electrons. The fraction of sp³-hybridized carbons (Fsp3) is 0.333. The zero-order valence-corrected chi connectivity index (χ0v) is 19.2. The maximum Gasteiger partial charge on any atom is 0.332 e. The van der Waals surface area contributed by atoms with Gasteiger partial charge in [0.15, 0.2) is 11.2 Å². The molecule has 0 aliphatic rings. The Morgan fingerprint density at radius 1 is 1.15 bits per heavy atom. The molecule has 9 nitrogen and oxygen atoms in total. The van der Waals surface area contributed by atoms with Crippen molar-refractivity contribution >= 4 is 27.9 Å². The van der Waals surface area contributed by atoms with E-state index in [-0.39, 0.29) is 12.6 Å². The lowest BCUT2D eigenvalue weighted by molar-refractivity contribution is 0.652. The Kier molecular flexibility index (Phi) is 5.78. The Hall–Kier alpha value is -3.90. The summed E-state index contributed by atoms with van der Waals surface area (Å²) in [5.41, 5.74) is 7.19. The fourth-order valence-electron chi connectivity index (χ4n) is 4.37. The van der Waals surface area contributed by atoms with Crippen molar-refractivity contribution in [2.75, 3.05) is 18.5 Å². The summed E-state index contributed by atoms with van der Waals surface area (Å²) in [6.45, 7) is 5.01. The second-order valence-corrected chi connectivity index (χ2v) is 8.35. The van der Waals surface area contributed by atoms with E-state index in [1.54, 1.807) is 19.2 Å². The normalized spacial score (nSPS) is 12.2. The molecule has 0 radical (unpaired) electrons. The van der Waals surface area contributed by atoms with Crippen molar-refractivity contribution in [3.8, 4) is 6.07 Å². The number of benzene rings is 2. The predicted molar refractivity (Wildman–Crippen MR) is 130 cm³/mol. The summed E-state index contributed by atoms with van der Waals surface area (Å²) in [7, 11) is 3.50. The first-order chi connectivity index (χ1) is 15.8. The SMILES string of the molecule is CCn1c(N(C)CC(C)N)nc2c1c(=O)n(Cc1ccc(C#N)c3ccccc13)c(=O)n2C. The van der Waals surface area contributed by atoms with Crippen LogP contribution in [0.4, 0.5) is 5.95 Å². The lowest BCUT2D eigenvalue weighted by Gasteiger charge is -2.20. The first-order valence-electron chi connectivity index (χ1n) is 10.9. The second-order valence-electron chi connectivity index (χ2n) is 8.35. The van der Waals surface area contributed by atoms with Gasteiger partial charge in [0.2, 0.25) is 5.95 Å². The number of nitrogens with two attached hydrogens (primary N) is 1. The maximum atomic E-state index is 13.6. The van der Waals surface area contributed by atoms with E-state index in [4.69, 9.17) is 5.73 Å². The standard InChI is InChI=1S/C24H27N7O2/c1-5-30-20-21(27-23(30)28(3)13-15(2)26)29(4)24(33)31(22(20)32)14-17-11-10-16(12-25)18-8-6-7-9-19(17)18/h6-11,15H,5,13-14,26H2,1-4H3. The number of aryl methyl sites for hydroxylation is 2.